The Labute approximate surface area is 150 Å². The molecule has 0 aliphatic heterocycles. The summed E-state index contributed by atoms with van der Waals surface area (Å²) in [7, 11) is 0. The van der Waals surface area contributed by atoms with Gasteiger partial charge >= 0.3 is 0 Å². The third-order valence-corrected chi connectivity index (χ3v) is 4.71. The largest absolute Gasteiger partial charge is 0.346 e. The molecule has 4 aromatic heterocycles. The molecule has 0 saturated heterocycles. The van der Waals surface area contributed by atoms with Gasteiger partial charge in [0.15, 0.2) is 5.82 Å². The van der Waals surface area contributed by atoms with Gasteiger partial charge in [-0.1, -0.05) is 0 Å². The highest BCUT2D eigenvalue weighted by Crippen LogP contribution is 2.39. The molecule has 3 N–H and O–H groups in total. The molecule has 0 spiro atoms. The summed E-state index contributed by atoms with van der Waals surface area (Å²) in [6.45, 7) is 2.05. The fraction of sp³-hybridized carbons (Fsp3) is 0.263. The summed E-state index contributed by atoms with van der Waals surface area (Å²) in [6, 6.07) is 4.19. The average Bonchev–Trinajstić information content (AvgIpc) is 3.28. The van der Waals surface area contributed by atoms with Crippen LogP contribution in [-0.4, -0.2) is 30.1 Å². The number of fused-ring (bicyclic) bond motifs is 1. The molecule has 1 aliphatic carbocycles. The molecule has 0 amide bonds. The van der Waals surface area contributed by atoms with E-state index >= 15 is 0 Å². The monoisotopic (exact) mass is 345 g/mol. The quantitative estimate of drug-likeness (QED) is 0.514. The number of aryl methyl sites for hydroxylation is 1. The van der Waals surface area contributed by atoms with Crippen LogP contribution in [0.2, 0.25) is 0 Å². The van der Waals surface area contributed by atoms with Crippen LogP contribution in [0.25, 0.3) is 11.0 Å². The minimum absolute atomic E-state index is 0.555. The van der Waals surface area contributed by atoms with E-state index in [9.17, 15) is 0 Å². The van der Waals surface area contributed by atoms with E-state index in [0.717, 1.165) is 34.4 Å². The summed E-state index contributed by atoms with van der Waals surface area (Å²) in [6.07, 6.45) is 10.8. The van der Waals surface area contributed by atoms with Crippen LogP contribution in [0.4, 0.5) is 11.8 Å². The van der Waals surface area contributed by atoms with Gasteiger partial charge in [0.2, 0.25) is 5.95 Å². The Kier molecular flexibility index (Phi) is 3.44. The van der Waals surface area contributed by atoms with Crippen molar-refractivity contribution in [2.75, 3.05) is 5.32 Å². The van der Waals surface area contributed by atoms with E-state index < -0.39 is 0 Å². The first-order valence-corrected chi connectivity index (χ1v) is 8.80. The van der Waals surface area contributed by atoms with Crippen molar-refractivity contribution in [1.29, 1.82) is 0 Å². The molecule has 7 heteroatoms. The first kappa shape index (κ1) is 15.1. The number of nitrogens with one attached hydrogen (secondary N) is 3. The van der Waals surface area contributed by atoms with Gasteiger partial charge in [-0.2, -0.15) is 5.10 Å². The molecule has 7 nitrogen and oxygen atoms in total. The van der Waals surface area contributed by atoms with Crippen LogP contribution in [0, 0.1) is 6.92 Å². The van der Waals surface area contributed by atoms with E-state index in [0.29, 0.717) is 11.9 Å². The number of rotatable bonds is 5. The lowest BCUT2D eigenvalue weighted by molar-refractivity contribution is 0.965. The number of nitrogens with zero attached hydrogens (tertiary/aromatic N) is 4. The molecular formula is C19H19N7. The molecule has 1 fully saturated rings. The van der Waals surface area contributed by atoms with Crippen molar-refractivity contribution in [3.05, 3.63) is 59.3 Å². The molecule has 130 valence electrons. The fourth-order valence-electron chi connectivity index (χ4n) is 3.16. The maximum absolute atomic E-state index is 4.42. The van der Waals surface area contributed by atoms with Gasteiger partial charge in [0.1, 0.15) is 5.65 Å². The minimum Gasteiger partial charge on any atom is -0.346 e. The first-order valence-electron chi connectivity index (χ1n) is 8.80. The summed E-state index contributed by atoms with van der Waals surface area (Å²) < 4.78 is 0. The summed E-state index contributed by atoms with van der Waals surface area (Å²) >= 11 is 0. The highest BCUT2D eigenvalue weighted by molar-refractivity contribution is 5.80. The van der Waals surface area contributed by atoms with E-state index in [1.807, 2.05) is 30.9 Å². The second kappa shape index (κ2) is 5.94. The van der Waals surface area contributed by atoms with Gasteiger partial charge < -0.3 is 10.3 Å². The number of anilines is 2. The lowest BCUT2D eigenvalue weighted by Crippen LogP contribution is -1.98. The zero-order valence-electron chi connectivity index (χ0n) is 14.5. The summed E-state index contributed by atoms with van der Waals surface area (Å²) in [5.74, 6) is 1.97. The molecule has 1 saturated carbocycles. The molecule has 26 heavy (non-hydrogen) atoms. The van der Waals surface area contributed by atoms with Crippen molar-refractivity contribution in [3.63, 3.8) is 0 Å². The zero-order chi connectivity index (χ0) is 17.5. The molecule has 0 aromatic carbocycles. The number of H-pyrrole nitrogens is 2. The van der Waals surface area contributed by atoms with Crippen LogP contribution in [0.15, 0.2) is 36.9 Å². The van der Waals surface area contributed by atoms with Crippen LogP contribution in [-0.2, 0) is 6.42 Å². The van der Waals surface area contributed by atoms with Crippen molar-refractivity contribution in [1.82, 2.24) is 30.1 Å². The summed E-state index contributed by atoms with van der Waals surface area (Å²) in [5.41, 5.74) is 5.50. The van der Waals surface area contributed by atoms with Crippen LogP contribution < -0.4 is 5.32 Å². The van der Waals surface area contributed by atoms with E-state index in [1.54, 1.807) is 0 Å². The summed E-state index contributed by atoms with van der Waals surface area (Å²) in [4.78, 5) is 16.5. The van der Waals surface area contributed by atoms with Crippen molar-refractivity contribution >= 4 is 22.8 Å². The molecular weight excluding hydrogens is 326 g/mol. The predicted molar refractivity (Wildman–Crippen MR) is 99.5 cm³/mol. The molecule has 0 bridgehead atoms. The Hall–Kier alpha value is -3.22. The molecule has 5 rings (SSSR count). The normalized spacial score (nSPS) is 14.0. The maximum Gasteiger partial charge on any atom is 0.228 e. The maximum atomic E-state index is 4.42. The number of hydrogen-bond donors (Lipinski definition) is 3. The van der Waals surface area contributed by atoms with Crippen molar-refractivity contribution in [3.8, 4) is 0 Å². The Morgan fingerprint density at radius 2 is 1.96 bits per heavy atom. The molecule has 0 atom stereocenters. The average molecular weight is 345 g/mol. The standard InChI is InChI=1S/C19H19N7/c1-11-4-15-14(10-21-18(15)20-7-11)5-12-8-22-19(23-9-12)24-17-6-16(25-26-17)13-2-3-13/h4,6-10,13H,2-3,5H2,1H3,(H,20,21)(H2,22,23,24,25,26). The lowest BCUT2D eigenvalue weighted by Gasteiger charge is -2.03. The fourth-order valence-corrected chi connectivity index (χ4v) is 3.16. The Balaban J connectivity index is 1.31. The number of aromatic nitrogens is 6. The first-order chi connectivity index (χ1) is 12.7. The van der Waals surface area contributed by atoms with E-state index in [4.69, 9.17) is 0 Å². The van der Waals surface area contributed by atoms with Crippen molar-refractivity contribution < 1.29 is 0 Å². The van der Waals surface area contributed by atoms with E-state index in [-0.39, 0.29) is 0 Å². The topological polar surface area (TPSA) is 95.2 Å². The number of hydrogen-bond acceptors (Lipinski definition) is 5. The van der Waals surface area contributed by atoms with Gasteiger partial charge in [-0.15, -0.1) is 0 Å². The van der Waals surface area contributed by atoms with E-state index in [1.165, 1.54) is 24.1 Å². The summed E-state index contributed by atoms with van der Waals surface area (Å²) in [5, 5.41) is 11.6. The second-order valence-corrected chi connectivity index (χ2v) is 6.92. The van der Waals surface area contributed by atoms with Crippen molar-refractivity contribution in [2.45, 2.75) is 32.1 Å². The van der Waals surface area contributed by atoms with Gasteiger partial charge in [0.05, 0.1) is 0 Å². The van der Waals surface area contributed by atoms with Gasteiger partial charge in [0, 0.05) is 54.3 Å². The van der Waals surface area contributed by atoms with Gasteiger partial charge in [-0.05, 0) is 42.5 Å². The molecule has 0 unspecified atom stereocenters. The highest BCUT2D eigenvalue weighted by Gasteiger charge is 2.25. The molecule has 4 heterocycles. The third kappa shape index (κ3) is 2.92. The zero-order valence-corrected chi connectivity index (χ0v) is 14.5. The molecule has 4 aromatic rings. The molecule has 0 radical (unpaired) electrons. The van der Waals surface area contributed by atoms with Crippen LogP contribution in [0.5, 0.6) is 0 Å². The highest BCUT2D eigenvalue weighted by atomic mass is 15.2. The van der Waals surface area contributed by atoms with Crippen LogP contribution in [0.3, 0.4) is 0 Å². The molecule has 1 aliphatic rings. The SMILES string of the molecule is Cc1cnc2[nH]cc(Cc3cnc(Nc4cc(C5CC5)[nH]n4)nc3)c2c1. The van der Waals surface area contributed by atoms with Gasteiger partial charge in [-0.3, -0.25) is 5.10 Å². The van der Waals surface area contributed by atoms with Gasteiger partial charge in [0.25, 0.3) is 0 Å². The Morgan fingerprint density at radius 3 is 2.77 bits per heavy atom. The minimum atomic E-state index is 0.555. The van der Waals surface area contributed by atoms with Crippen LogP contribution >= 0.6 is 0 Å². The Morgan fingerprint density at radius 1 is 1.12 bits per heavy atom. The Bertz CT molecular complexity index is 1060. The lowest BCUT2D eigenvalue weighted by atomic mass is 10.1. The third-order valence-electron chi connectivity index (χ3n) is 4.71. The second-order valence-electron chi connectivity index (χ2n) is 6.92. The predicted octanol–water partition coefficient (Wildman–Crippen LogP) is 3.60. The van der Waals surface area contributed by atoms with E-state index in [2.05, 4.69) is 48.4 Å². The smallest absolute Gasteiger partial charge is 0.228 e. The van der Waals surface area contributed by atoms with Crippen LogP contribution in [0.1, 0.15) is 41.1 Å². The van der Waals surface area contributed by atoms with Gasteiger partial charge in [-0.25, -0.2) is 15.0 Å². The number of aromatic amines is 2. The number of pyridine rings is 1. The van der Waals surface area contributed by atoms with Crippen molar-refractivity contribution in [2.24, 2.45) is 0 Å².